The summed E-state index contributed by atoms with van der Waals surface area (Å²) in [6, 6.07) is 10.6. The van der Waals surface area contributed by atoms with Crippen molar-refractivity contribution in [2.24, 2.45) is 17.8 Å². The van der Waals surface area contributed by atoms with E-state index in [1.54, 1.807) is 0 Å². The lowest BCUT2D eigenvalue weighted by Gasteiger charge is -2.24. The highest BCUT2D eigenvalue weighted by Gasteiger charge is 2.26. The van der Waals surface area contributed by atoms with Crippen molar-refractivity contribution in [2.75, 3.05) is 18.8 Å². The van der Waals surface area contributed by atoms with Crippen LogP contribution >= 0.6 is 10.5 Å². The summed E-state index contributed by atoms with van der Waals surface area (Å²) in [6.07, 6.45) is 19.7. The van der Waals surface area contributed by atoms with E-state index in [1.165, 1.54) is 50.5 Å². The van der Waals surface area contributed by atoms with Crippen molar-refractivity contribution in [1.82, 2.24) is 10.6 Å². The molecule has 0 radical (unpaired) electrons. The van der Waals surface area contributed by atoms with Gasteiger partial charge in [0.1, 0.15) is 0 Å². The molecule has 0 spiro atoms. The molecule has 0 saturated heterocycles. The molecule has 1 aromatic rings. The van der Waals surface area contributed by atoms with Gasteiger partial charge in [0, 0.05) is 23.5 Å². The zero-order valence-corrected chi connectivity index (χ0v) is 38.2. The van der Waals surface area contributed by atoms with Gasteiger partial charge in [-0.15, -0.1) is 19.7 Å². The van der Waals surface area contributed by atoms with E-state index < -0.39 is 0 Å². The van der Waals surface area contributed by atoms with Crippen molar-refractivity contribution in [3.63, 3.8) is 0 Å². The third-order valence-corrected chi connectivity index (χ3v) is 10.1. The minimum atomic E-state index is -0.288. The van der Waals surface area contributed by atoms with Gasteiger partial charge in [0.2, 0.25) is 0 Å². The topological polar surface area (TPSA) is 44.3 Å². The summed E-state index contributed by atoms with van der Waals surface area (Å²) >= 11 is 0. The molecule has 4 heteroatoms. The number of allylic oxidation sites excluding steroid dienone is 2. The predicted octanol–water partition coefficient (Wildman–Crippen LogP) is 14.4. The average Bonchev–Trinajstić information content (AvgIpc) is 4.00. The fraction of sp³-hybridized carbons (Fsp3) is 0.688. The zero-order chi connectivity index (χ0) is 41.2. The number of aryl methyl sites for hydroxylation is 1. The Morgan fingerprint density at radius 2 is 1.40 bits per heavy atom. The number of rotatable bonds is 21. The first-order valence-electron chi connectivity index (χ1n) is 21.0. The second-order valence-electron chi connectivity index (χ2n) is 13.8. The Kier molecular flexibility index (Phi) is 53.8. The van der Waals surface area contributed by atoms with Gasteiger partial charge in [-0.2, -0.15) is 10.5 Å². The minimum absolute atomic E-state index is 0.166. The van der Waals surface area contributed by atoms with Gasteiger partial charge in [-0.25, -0.2) is 0 Å². The van der Waals surface area contributed by atoms with Crippen molar-refractivity contribution in [3.05, 3.63) is 86.1 Å². The summed E-state index contributed by atoms with van der Waals surface area (Å²) in [5, 5.41) is 17.7. The van der Waals surface area contributed by atoms with Gasteiger partial charge in [0.15, 0.2) is 0 Å². The van der Waals surface area contributed by atoms with Crippen LogP contribution in [0, 0.1) is 24.7 Å². The molecule has 3 unspecified atom stereocenters. The average molecular weight is 747 g/mol. The Morgan fingerprint density at radius 1 is 0.865 bits per heavy atom. The second kappa shape index (κ2) is 47.1. The van der Waals surface area contributed by atoms with E-state index in [2.05, 4.69) is 103 Å². The lowest BCUT2D eigenvalue weighted by atomic mass is 10.0. The highest BCUT2D eigenvalue weighted by atomic mass is 32.2. The molecule has 0 aromatic heterocycles. The van der Waals surface area contributed by atoms with Crippen molar-refractivity contribution >= 4 is 16.4 Å². The first-order valence-corrected chi connectivity index (χ1v) is 22.6. The van der Waals surface area contributed by atoms with Crippen LogP contribution in [-0.2, 0) is 0 Å². The molecular weight excluding hydrogens is 653 g/mol. The van der Waals surface area contributed by atoms with Crippen LogP contribution in [-0.4, -0.2) is 47.2 Å². The standard InChI is InChI=1S/C22H42N2OS.C9H20.C7H8.C4H8.2C2H6.C2H4/c1-7-18(4)26(6)14-8-13-23-22(15-20-10-11-20)19(5)24-16-21(25)12-9-17(2)3;1-4-5-6-7-8-9(2)3;1-7-5-3-2-4-6-7;1-3-4-2;3*1-2/h7,17-18,20-25H,1,5-6,8-16H2,2-4H3;9H,4-8H2,1-3H3;2-6H,1H3;3-4H,1-2H3;2*1-2H3;1-2H2/b;;;4-3-;;;/t18?,21?,22-,26?;;;;;;/m0....../s1. The SMILES string of the molecule is C/C=C\C.C=C.C=CC(C)S(=C)CCCN[C@@H](CC1CC1)C(=C)NCC(O)CCC(C)C.CC.CC.CCCCCCC(C)C.Cc1ccccc1. The lowest BCUT2D eigenvalue weighted by molar-refractivity contribution is 0.156. The van der Waals surface area contributed by atoms with E-state index in [0.29, 0.717) is 23.8 Å². The van der Waals surface area contributed by atoms with Crippen LogP contribution in [0.2, 0.25) is 0 Å². The number of aliphatic hydroxyl groups excluding tert-OH is 1. The van der Waals surface area contributed by atoms with E-state index in [4.69, 9.17) is 0 Å². The summed E-state index contributed by atoms with van der Waals surface area (Å²) in [6.45, 7) is 43.2. The van der Waals surface area contributed by atoms with Gasteiger partial charge >= 0.3 is 0 Å². The van der Waals surface area contributed by atoms with Crippen LogP contribution in [0.4, 0.5) is 0 Å². The molecule has 1 aliphatic carbocycles. The molecule has 0 aliphatic heterocycles. The van der Waals surface area contributed by atoms with Gasteiger partial charge in [0.05, 0.1) is 6.10 Å². The Morgan fingerprint density at radius 3 is 1.81 bits per heavy atom. The van der Waals surface area contributed by atoms with E-state index in [0.717, 1.165) is 55.5 Å². The van der Waals surface area contributed by atoms with E-state index in [1.807, 2.05) is 78.0 Å². The maximum absolute atomic E-state index is 10.1. The van der Waals surface area contributed by atoms with Crippen molar-refractivity contribution in [3.8, 4) is 0 Å². The summed E-state index contributed by atoms with van der Waals surface area (Å²) in [5.74, 6) is 7.80. The molecule has 1 saturated carbocycles. The van der Waals surface area contributed by atoms with Crippen LogP contribution in [0.3, 0.4) is 0 Å². The Hall–Kier alpha value is -1.88. The van der Waals surface area contributed by atoms with Gasteiger partial charge in [0.25, 0.3) is 0 Å². The molecule has 1 fully saturated rings. The Labute approximate surface area is 331 Å². The molecule has 1 aromatic carbocycles. The molecule has 0 bridgehead atoms. The van der Waals surface area contributed by atoms with Gasteiger partial charge in [-0.05, 0) is 76.5 Å². The first-order chi connectivity index (χ1) is 24.9. The Bertz CT molecular complexity index is 887. The molecule has 2 rings (SSSR count). The smallest absolute Gasteiger partial charge is 0.0712 e. The molecule has 3 N–H and O–H groups in total. The van der Waals surface area contributed by atoms with E-state index in [-0.39, 0.29) is 16.6 Å². The van der Waals surface area contributed by atoms with Crippen molar-refractivity contribution < 1.29 is 5.11 Å². The van der Waals surface area contributed by atoms with Crippen LogP contribution in [0.5, 0.6) is 0 Å². The molecule has 1 aliphatic rings. The van der Waals surface area contributed by atoms with Crippen molar-refractivity contribution in [2.45, 2.75) is 178 Å². The molecular formula is C48H94N2OS. The maximum Gasteiger partial charge on any atom is 0.0712 e. The monoisotopic (exact) mass is 747 g/mol. The molecule has 3 nitrogen and oxygen atoms in total. The molecule has 308 valence electrons. The molecule has 0 heterocycles. The number of hydrogen-bond donors (Lipinski definition) is 3. The number of hydrogen-bond acceptors (Lipinski definition) is 3. The lowest BCUT2D eigenvalue weighted by Crippen LogP contribution is -2.39. The fourth-order valence-electron chi connectivity index (χ4n) is 4.41. The minimum Gasteiger partial charge on any atom is -0.391 e. The Balaban J connectivity index is -0.000000229. The van der Waals surface area contributed by atoms with Crippen LogP contribution in [0.1, 0.15) is 159 Å². The maximum atomic E-state index is 10.1. The van der Waals surface area contributed by atoms with Gasteiger partial charge < -0.3 is 15.7 Å². The summed E-state index contributed by atoms with van der Waals surface area (Å²) in [7, 11) is 0.166. The largest absolute Gasteiger partial charge is 0.391 e. The van der Waals surface area contributed by atoms with E-state index in [9.17, 15) is 5.11 Å². The van der Waals surface area contributed by atoms with Crippen molar-refractivity contribution in [1.29, 1.82) is 0 Å². The normalized spacial score (nSPS) is 13.5. The second-order valence-corrected chi connectivity index (χ2v) is 16.0. The third-order valence-electron chi connectivity index (χ3n) is 8.07. The zero-order valence-electron chi connectivity index (χ0n) is 37.4. The number of aliphatic hydroxyl groups is 1. The highest BCUT2D eigenvalue weighted by Crippen LogP contribution is 2.34. The van der Waals surface area contributed by atoms with Gasteiger partial charge in [-0.1, -0.05) is 181 Å². The predicted molar refractivity (Wildman–Crippen MR) is 249 cm³/mol. The van der Waals surface area contributed by atoms with Crippen LogP contribution < -0.4 is 10.6 Å². The molecule has 52 heavy (non-hydrogen) atoms. The van der Waals surface area contributed by atoms with Gasteiger partial charge in [-0.3, -0.25) is 0 Å². The van der Waals surface area contributed by atoms with Crippen LogP contribution in [0.25, 0.3) is 0 Å². The first kappa shape index (κ1) is 59.4. The quantitative estimate of drug-likeness (QED) is 0.0667. The molecule has 4 atom stereocenters. The summed E-state index contributed by atoms with van der Waals surface area (Å²) in [4.78, 5) is 0. The summed E-state index contributed by atoms with van der Waals surface area (Å²) < 4.78 is 0. The summed E-state index contributed by atoms with van der Waals surface area (Å²) in [5.41, 5.74) is 2.36. The number of unbranched alkanes of at least 4 members (excludes halogenated alkanes) is 3. The molecule has 0 amide bonds. The third kappa shape index (κ3) is 48.1. The number of nitrogens with one attached hydrogen (secondary N) is 2. The van der Waals surface area contributed by atoms with E-state index >= 15 is 0 Å². The number of benzene rings is 1. The fourth-order valence-corrected chi connectivity index (χ4v) is 5.56. The van der Waals surface area contributed by atoms with Crippen LogP contribution in [0.15, 0.2) is 80.6 Å². The highest BCUT2D eigenvalue weighted by molar-refractivity contribution is 8.14.